The predicted molar refractivity (Wildman–Crippen MR) is 82.9 cm³/mol. The molecule has 22 heavy (non-hydrogen) atoms. The molecule has 0 saturated carbocycles. The van der Waals surface area contributed by atoms with Gasteiger partial charge in [0.2, 0.25) is 11.8 Å². The third-order valence-electron chi connectivity index (χ3n) is 3.81. The van der Waals surface area contributed by atoms with Crippen molar-refractivity contribution in [3.8, 4) is 5.88 Å². The van der Waals surface area contributed by atoms with Gasteiger partial charge in [-0.2, -0.15) is 9.97 Å². The van der Waals surface area contributed by atoms with Crippen molar-refractivity contribution in [2.45, 2.75) is 39.3 Å². The van der Waals surface area contributed by atoms with Crippen molar-refractivity contribution in [1.82, 2.24) is 24.7 Å². The van der Waals surface area contributed by atoms with E-state index in [-0.39, 0.29) is 12.0 Å². The van der Waals surface area contributed by atoms with Crippen molar-refractivity contribution >= 4 is 11.8 Å². The Morgan fingerprint density at radius 1 is 1.32 bits per heavy atom. The molecular formula is C14H21N7O. The monoisotopic (exact) mass is 303 g/mol. The molecule has 0 radical (unpaired) electrons. The van der Waals surface area contributed by atoms with E-state index in [0.717, 1.165) is 24.0 Å². The lowest BCUT2D eigenvalue weighted by Crippen LogP contribution is -2.37. The highest BCUT2D eigenvalue weighted by Crippen LogP contribution is 2.29. The summed E-state index contributed by atoms with van der Waals surface area (Å²) in [6.07, 6.45) is 0. The first-order chi connectivity index (χ1) is 10.5. The maximum atomic E-state index is 5.75. The first-order valence-corrected chi connectivity index (χ1v) is 7.36. The van der Waals surface area contributed by atoms with Gasteiger partial charge in [-0.15, -0.1) is 10.2 Å². The van der Waals surface area contributed by atoms with Crippen molar-refractivity contribution in [2.75, 3.05) is 24.3 Å². The van der Waals surface area contributed by atoms with Gasteiger partial charge in [0.05, 0.1) is 19.7 Å². The van der Waals surface area contributed by atoms with E-state index in [2.05, 4.69) is 50.4 Å². The van der Waals surface area contributed by atoms with Gasteiger partial charge in [-0.25, -0.2) is 0 Å². The van der Waals surface area contributed by atoms with Gasteiger partial charge in [-0.3, -0.25) is 0 Å². The second-order valence-electron chi connectivity index (χ2n) is 5.86. The molecule has 0 spiro atoms. The summed E-state index contributed by atoms with van der Waals surface area (Å²) in [5.41, 5.74) is 5.75. The molecule has 0 fully saturated rings. The molecule has 1 atom stereocenters. The van der Waals surface area contributed by atoms with Gasteiger partial charge >= 0.3 is 0 Å². The number of hydrogen-bond donors (Lipinski definition) is 1. The molecule has 8 heteroatoms. The van der Waals surface area contributed by atoms with Crippen molar-refractivity contribution in [3.05, 3.63) is 17.7 Å². The largest absolute Gasteiger partial charge is 0.481 e. The highest BCUT2D eigenvalue weighted by atomic mass is 16.5. The van der Waals surface area contributed by atoms with Crippen LogP contribution in [0.1, 0.15) is 44.4 Å². The number of ether oxygens (including phenoxy) is 1. The van der Waals surface area contributed by atoms with Gasteiger partial charge in [-0.1, -0.05) is 13.8 Å². The summed E-state index contributed by atoms with van der Waals surface area (Å²) in [6, 6.07) is 2.05. The number of nitrogens with two attached hydrogens (primary N) is 1. The summed E-state index contributed by atoms with van der Waals surface area (Å²) >= 11 is 0. The number of anilines is 2. The lowest BCUT2D eigenvalue weighted by molar-refractivity contribution is 0.396. The number of fused-ring (bicyclic) bond motifs is 1. The lowest BCUT2D eigenvalue weighted by atomic mass is 10.1. The Kier molecular flexibility index (Phi) is 3.59. The quantitative estimate of drug-likeness (QED) is 0.914. The molecule has 0 saturated heterocycles. The summed E-state index contributed by atoms with van der Waals surface area (Å²) < 4.78 is 7.39. The summed E-state index contributed by atoms with van der Waals surface area (Å²) in [6.45, 7) is 7.87. The van der Waals surface area contributed by atoms with E-state index in [1.54, 1.807) is 13.2 Å². The maximum Gasteiger partial charge on any atom is 0.225 e. The standard InChI is InChI=1S/C14H21N7O/c1-8(2)13-19-18-11-7-20(6-9(3)21(11)13)10-5-12(22-4)17-14(15)16-10/h5,8-9H,6-7H2,1-4H3,(H2,15,16,17)/t9-/m0/s1. The van der Waals surface area contributed by atoms with Crippen LogP contribution >= 0.6 is 0 Å². The number of rotatable bonds is 3. The first-order valence-electron chi connectivity index (χ1n) is 7.36. The van der Waals surface area contributed by atoms with Gasteiger partial charge < -0.3 is 19.9 Å². The van der Waals surface area contributed by atoms with Gasteiger partial charge in [-0.05, 0) is 6.92 Å². The SMILES string of the molecule is COc1cc(N2Cc3nnc(C(C)C)n3[C@@H](C)C2)nc(N)n1. The molecule has 0 bridgehead atoms. The van der Waals surface area contributed by atoms with Gasteiger partial charge in [0, 0.05) is 18.5 Å². The molecule has 3 heterocycles. The highest BCUT2D eigenvalue weighted by Gasteiger charge is 2.28. The average Bonchev–Trinajstić information content (AvgIpc) is 2.91. The van der Waals surface area contributed by atoms with Crippen molar-refractivity contribution in [2.24, 2.45) is 0 Å². The van der Waals surface area contributed by atoms with Gasteiger partial charge in [0.25, 0.3) is 0 Å². The molecule has 0 amide bonds. The number of methoxy groups -OCH3 is 1. The minimum Gasteiger partial charge on any atom is -0.481 e. The Morgan fingerprint density at radius 2 is 2.09 bits per heavy atom. The summed E-state index contributed by atoms with van der Waals surface area (Å²) in [4.78, 5) is 10.5. The van der Waals surface area contributed by atoms with E-state index in [1.807, 2.05) is 0 Å². The molecule has 2 aromatic heterocycles. The second kappa shape index (κ2) is 5.43. The van der Waals surface area contributed by atoms with Crippen LogP contribution in [-0.4, -0.2) is 38.4 Å². The van der Waals surface area contributed by atoms with Crippen LogP contribution in [0, 0.1) is 0 Å². The van der Waals surface area contributed by atoms with Crippen molar-refractivity contribution in [3.63, 3.8) is 0 Å². The maximum absolute atomic E-state index is 5.75. The minimum absolute atomic E-state index is 0.205. The van der Waals surface area contributed by atoms with Crippen LogP contribution in [0.3, 0.4) is 0 Å². The minimum atomic E-state index is 0.205. The zero-order chi connectivity index (χ0) is 15.9. The Hall–Kier alpha value is -2.38. The molecule has 118 valence electrons. The number of hydrogen-bond acceptors (Lipinski definition) is 7. The molecule has 1 aliphatic heterocycles. The Morgan fingerprint density at radius 3 is 2.77 bits per heavy atom. The first kappa shape index (κ1) is 14.6. The topological polar surface area (TPSA) is 95.0 Å². The zero-order valence-electron chi connectivity index (χ0n) is 13.3. The van der Waals surface area contributed by atoms with Crippen LogP contribution < -0.4 is 15.4 Å². The Balaban J connectivity index is 1.94. The van der Waals surface area contributed by atoms with Gasteiger partial charge in [0.1, 0.15) is 11.6 Å². The van der Waals surface area contributed by atoms with E-state index < -0.39 is 0 Å². The van der Waals surface area contributed by atoms with Crippen molar-refractivity contribution < 1.29 is 4.74 Å². The summed E-state index contributed by atoms with van der Waals surface area (Å²) in [7, 11) is 1.57. The van der Waals surface area contributed by atoms with Crippen molar-refractivity contribution in [1.29, 1.82) is 0 Å². The molecule has 1 aliphatic rings. The molecule has 3 rings (SSSR count). The lowest BCUT2D eigenvalue weighted by Gasteiger charge is -2.33. The normalized spacial score (nSPS) is 17.7. The number of nitrogen functional groups attached to an aromatic ring is 1. The van der Waals surface area contributed by atoms with Crippen LogP contribution in [0.25, 0.3) is 0 Å². The fraction of sp³-hybridized carbons (Fsp3) is 0.571. The van der Waals surface area contributed by atoms with Crippen LogP contribution in [0.5, 0.6) is 5.88 Å². The fourth-order valence-corrected chi connectivity index (χ4v) is 2.83. The van der Waals surface area contributed by atoms with E-state index in [0.29, 0.717) is 18.3 Å². The third-order valence-corrected chi connectivity index (χ3v) is 3.81. The molecule has 8 nitrogen and oxygen atoms in total. The van der Waals surface area contributed by atoms with Crippen LogP contribution in [0.4, 0.5) is 11.8 Å². The average molecular weight is 303 g/mol. The number of nitrogens with zero attached hydrogens (tertiary/aromatic N) is 6. The third kappa shape index (κ3) is 2.44. The molecule has 2 aromatic rings. The molecule has 2 N–H and O–H groups in total. The smallest absolute Gasteiger partial charge is 0.225 e. The Labute approximate surface area is 129 Å². The Bertz CT molecular complexity index is 682. The van der Waals surface area contributed by atoms with Crippen LogP contribution in [0.15, 0.2) is 6.07 Å². The molecular weight excluding hydrogens is 282 g/mol. The molecule has 0 aliphatic carbocycles. The molecule has 0 unspecified atom stereocenters. The van der Waals surface area contributed by atoms with Crippen LogP contribution in [0.2, 0.25) is 0 Å². The van der Waals surface area contributed by atoms with Crippen LogP contribution in [-0.2, 0) is 6.54 Å². The van der Waals surface area contributed by atoms with E-state index >= 15 is 0 Å². The molecule has 0 aromatic carbocycles. The fourth-order valence-electron chi connectivity index (χ4n) is 2.83. The van der Waals surface area contributed by atoms with E-state index in [4.69, 9.17) is 10.5 Å². The summed E-state index contributed by atoms with van der Waals surface area (Å²) in [5.74, 6) is 3.74. The van der Waals surface area contributed by atoms with Gasteiger partial charge in [0.15, 0.2) is 5.82 Å². The second-order valence-corrected chi connectivity index (χ2v) is 5.86. The van der Waals surface area contributed by atoms with E-state index in [1.165, 1.54) is 0 Å². The number of aromatic nitrogens is 5. The van der Waals surface area contributed by atoms with E-state index in [9.17, 15) is 0 Å². The summed E-state index contributed by atoms with van der Waals surface area (Å²) in [5, 5.41) is 8.67. The highest BCUT2D eigenvalue weighted by molar-refractivity contribution is 5.46. The zero-order valence-corrected chi connectivity index (χ0v) is 13.3. The predicted octanol–water partition coefficient (Wildman–Crippen LogP) is 1.36.